The lowest BCUT2D eigenvalue weighted by atomic mass is 10.3. The smallest absolute Gasteiger partial charge is 0.263 e. The summed E-state index contributed by atoms with van der Waals surface area (Å²) < 4.78 is 19.7. The van der Waals surface area contributed by atoms with Crippen LogP contribution >= 0.6 is 11.6 Å². The molecule has 1 heterocycles. The van der Waals surface area contributed by atoms with Crippen molar-refractivity contribution in [1.82, 2.24) is 9.78 Å². The molecule has 2 rings (SSSR count). The van der Waals surface area contributed by atoms with Gasteiger partial charge < -0.3 is 10.1 Å². The molecular weight excluding hydrogens is 273 g/mol. The predicted octanol–water partition coefficient (Wildman–Crippen LogP) is 2.23. The molecule has 0 radical (unpaired) electrons. The fraction of sp³-hybridized carbons (Fsp3) is 0.167. The lowest BCUT2D eigenvalue weighted by Gasteiger charge is -2.06. The van der Waals surface area contributed by atoms with Crippen molar-refractivity contribution < 1.29 is 13.9 Å². The van der Waals surface area contributed by atoms with E-state index in [-0.39, 0.29) is 17.5 Å². The first-order valence-electron chi connectivity index (χ1n) is 5.42. The van der Waals surface area contributed by atoms with Gasteiger partial charge in [0.15, 0.2) is 12.4 Å². The fourth-order valence-electron chi connectivity index (χ4n) is 1.38. The lowest BCUT2D eigenvalue weighted by molar-refractivity contribution is -0.118. The van der Waals surface area contributed by atoms with E-state index in [9.17, 15) is 9.18 Å². The molecule has 0 saturated heterocycles. The first kappa shape index (κ1) is 13.4. The number of nitrogens with zero attached hydrogens (tertiary/aromatic N) is 2. The molecule has 1 aromatic carbocycles. The number of ether oxygens (including phenoxy) is 1. The molecule has 5 nitrogen and oxygen atoms in total. The third-order valence-corrected chi connectivity index (χ3v) is 2.53. The number of anilines is 1. The first-order chi connectivity index (χ1) is 9.04. The van der Waals surface area contributed by atoms with Crippen LogP contribution in [0.2, 0.25) is 5.02 Å². The Kier molecular flexibility index (Phi) is 4.01. The second-order valence-electron chi connectivity index (χ2n) is 3.79. The topological polar surface area (TPSA) is 56.2 Å². The van der Waals surface area contributed by atoms with Crippen molar-refractivity contribution >= 4 is 23.3 Å². The van der Waals surface area contributed by atoms with Crippen molar-refractivity contribution in [2.45, 2.75) is 0 Å². The molecule has 0 atom stereocenters. The maximum Gasteiger partial charge on any atom is 0.263 e. The summed E-state index contributed by atoms with van der Waals surface area (Å²) in [6.07, 6.45) is 1.70. The van der Waals surface area contributed by atoms with Gasteiger partial charge in [-0.25, -0.2) is 4.39 Å². The number of hydrogen-bond donors (Lipinski definition) is 1. The van der Waals surface area contributed by atoms with Gasteiger partial charge in [-0.3, -0.25) is 9.48 Å². The minimum absolute atomic E-state index is 0.0531. The van der Waals surface area contributed by atoms with Crippen LogP contribution < -0.4 is 10.1 Å². The number of amides is 1. The summed E-state index contributed by atoms with van der Waals surface area (Å²) in [4.78, 5) is 11.6. The van der Waals surface area contributed by atoms with Crippen molar-refractivity contribution in [2.75, 3.05) is 11.9 Å². The summed E-state index contributed by atoms with van der Waals surface area (Å²) >= 11 is 5.59. The van der Waals surface area contributed by atoms with E-state index in [1.54, 1.807) is 24.0 Å². The Morgan fingerprint density at radius 1 is 1.53 bits per heavy atom. The molecule has 0 unspecified atom stereocenters. The van der Waals surface area contributed by atoms with E-state index in [0.29, 0.717) is 11.6 Å². The van der Waals surface area contributed by atoms with Gasteiger partial charge >= 0.3 is 0 Å². The zero-order chi connectivity index (χ0) is 13.8. The van der Waals surface area contributed by atoms with Crippen LogP contribution in [0.4, 0.5) is 10.2 Å². The predicted molar refractivity (Wildman–Crippen MR) is 68.7 cm³/mol. The third-order valence-electron chi connectivity index (χ3n) is 2.24. The molecule has 2 aromatic rings. The highest BCUT2D eigenvalue weighted by atomic mass is 35.5. The molecule has 0 bridgehead atoms. The molecular formula is C12H11ClFN3O2. The quantitative estimate of drug-likeness (QED) is 0.936. The summed E-state index contributed by atoms with van der Waals surface area (Å²) in [6, 6.07) is 5.54. The van der Waals surface area contributed by atoms with E-state index in [1.165, 1.54) is 18.2 Å². The van der Waals surface area contributed by atoms with Crippen molar-refractivity contribution in [1.29, 1.82) is 0 Å². The van der Waals surface area contributed by atoms with E-state index in [4.69, 9.17) is 16.3 Å². The van der Waals surface area contributed by atoms with Gasteiger partial charge in [0.1, 0.15) is 11.6 Å². The average Bonchev–Trinajstić information content (AvgIpc) is 2.76. The van der Waals surface area contributed by atoms with Crippen molar-refractivity contribution in [3.63, 3.8) is 0 Å². The number of halogens is 2. The minimum atomic E-state index is -0.535. The van der Waals surface area contributed by atoms with Crippen molar-refractivity contribution in [3.05, 3.63) is 41.3 Å². The Bertz CT molecular complexity index is 600. The molecule has 1 N–H and O–H groups in total. The van der Waals surface area contributed by atoms with Crippen LogP contribution in [0.15, 0.2) is 30.5 Å². The zero-order valence-electron chi connectivity index (χ0n) is 10.1. The van der Waals surface area contributed by atoms with Gasteiger partial charge in [-0.05, 0) is 12.1 Å². The van der Waals surface area contributed by atoms with Crippen LogP contribution in [-0.2, 0) is 11.8 Å². The molecule has 1 aromatic heterocycles. The minimum Gasteiger partial charge on any atom is -0.484 e. The molecule has 0 spiro atoms. The molecule has 100 valence electrons. The number of rotatable bonds is 4. The zero-order valence-corrected chi connectivity index (χ0v) is 10.8. The van der Waals surface area contributed by atoms with Gasteiger partial charge in [0.25, 0.3) is 5.91 Å². The van der Waals surface area contributed by atoms with Crippen LogP contribution in [0.5, 0.6) is 5.75 Å². The molecule has 0 aliphatic rings. The molecule has 1 amide bonds. The third kappa shape index (κ3) is 3.69. The maximum absolute atomic E-state index is 12.9. The van der Waals surface area contributed by atoms with Crippen LogP contribution in [0, 0.1) is 5.82 Å². The number of carbonyl (C=O) groups is 1. The normalized spacial score (nSPS) is 10.3. The maximum atomic E-state index is 12.9. The number of carbonyl (C=O) groups excluding carboxylic acids is 1. The molecule has 19 heavy (non-hydrogen) atoms. The summed E-state index contributed by atoms with van der Waals surface area (Å²) in [6.45, 7) is -0.210. The van der Waals surface area contributed by atoms with Crippen molar-refractivity contribution in [2.24, 2.45) is 7.05 Å². The largest absolute Gasteiger partial charge is 0.484 e. The molecule has 7 heteroatoms. The highest BCUT2D eigenvalue weighted by molar-refractivity contribution is 6.30. The number of nitrogens with one attached hydrogen (secondary N) is 1. The second kappa shape index (κ2) is 5.71. The molecule has 0 saturated carbocycles. The Morgan fingerprint density at radius 2 is 2.32 bits per heavy atom. The number of aromatic nitrogens is 2. The van der Waals surface area contributed by atoms with Crippen LogP contribution in [-0.4, -0.2) is 22.3 Å². The SMILES string of the molecule is Cn1ccc(NC(=O)COc2ccc(F)c(Cl)c2)n1. The van der Waals surface area contributed by atoms with Crippen LogP contribution in [0.3, 0.4) is 0 Å². The summed E-state index contributed by atoms with van der Waals surface area (Å²) in [5.74, 6) is -0.137. The van der Waals surface area contributed by atoms with Gasteiger partial charge in [-0.2, -0.15) is 5.10 Å². The summed E-state index contributed by atoms with van der Waals surface area (Å²) in [5.41, 5.74) is 0. The highest BCUT2D eigenvalue weighted by Crippen LogP contribution is 2.20. The van der Waals surface area contributed by atoms with Gasteiger partial charge in [0.2, 0.25) is 0 Å². The monoisotopic (exact) mass is 283 g/mol. The van der Waals surface area contributed by atoms with Gasteiger partial charge in [-0.1, -0.05) is 11.6 Å². The Morgan fingerprint density at radius 3 is 2.95 bits per heavy atom. The van der Waals surface area contributed by atoms with E-state index in [1.807, 2.05) is 0 Å². The number of hydrogen-bond acceptors (Lipinski definition) is 3. The van der Waals surface area contributed by atoms with Gasteiger partial charge in [0, 0.05) is 25.4 Å². The number of aryl methyl sites for hydroxylation is 1. The van der Waals surface area contributed by atoms with E-state index >= 15 is 0 Å². The first-order valence-corrected chi connectivity index (χ1v) is 5.80. The Labute approximate surface area is 113 Å². The van der Waals surface area contributed by atoms with E-state index in [0.717, 1.165) is 0 Å². The van der Waals surface area contributed by atoms with E-state index in [2.05, 4.69) is 10.4 Å². The van der Waals surface area contributed by atoms with Crippen LogP contribution in [0.25, 0.3) is 0 Å². The summed E-state index contributed by atoms with van der Waals surface area (Å²) in [5, 5.41) is 6.49. The van der Waals surface area contributed by atoms with Gasteiger partial charge in [0.05, 0.1) is 5.02 Å². The standard InChI is InChI=1S/C12H11ClFN3O2/c1-17-5-4-11(16-17)15-12(18)7-19-8-2-3-10(14)9(13)6-8/h2-6H,7H2,1H3,(H,15,16,18). The van der Waals surface area contributed by atoms with Crippen LogP contribution in [0.1, 0.15) is 0 Å². The lowest BCUT2D eigenvalue weighted by Crippen LogP contribution is -2.20. The van der Waals surface area contributed by atoms with Crippen molar-refractivity contribution in [3.8, 4) is 5.75 Å². The average molecular weight is 284 g/mol. The number of benzene rings is 1. The van der Waals surface area contributed by atoms with E-state index < -0.39 is 5.82 Å². The summed E-state index contributed by atoms with van der Waals surface area (Å²) in [7, 11) is 1.74. The fourth-order valence-corrected chi connectivity index (χ4v) is 1.55. The van der Waals surface area contributed by atoms with Gasteiger partial charge in [-0.15, -0.1) is 0 Å². The Balaban J connectivity index is 1.88. The molecule has 0 fully saturated rings. The second-order valence-corrected chi connectivity index (χ2v) is 4.19. The molecule has 0 aliphatic carbocycles. The Hall–Kier alpha value is -2.08. The molecule has 0 aliphatic heterocycles. The highest BCUT2D eigenvalue weighted by Gasteiger charge is 2.07.